The number of aromatic nitrogens is 2. The summed E-state index contributed by atoms with van der Waals surface area (Å²) < 4.78 is 12.8. The maximum Gasteiger partial charge on any atom is 0.351 e. The fourth-order valence-corrected chi connectivity index (χ4v) is 2.51. The second kappa shape index (κ2) is 5.07. The number of hydrogen-bond acceptors (Lipinski definition) is 5. The molecule has 1 fully saturated rings. The Balaban J connectivity index is 2.32. The van der Waals surface area contributed by atoms with Gasteiger partial charge in [-0.25, -0.2) is 4.79 Å². The maximum absolute atomic E-state index is 11.8. The highest BCUT2D eigenvalue weighted by Gasteiger charge is 2.42. The summed E-state index contributed by atoms with van der Waals surface area (Å²) in [5.74, 6) is 0.306. The second-order valence-electron chi connectivity index (χ2n) is 4.58. The number of nitrogens with two attached hydrogens (primary N) is 1. The van der Waals surface area contributed by atoms with Crippen molar-refractivity contribution in [1.82, 2.24) is 9.55 Å². The summed E-state index contributed by atoms with van der Waals surface area (Å²) in [6.45, 7) is 4.05. The lowest BCUT2D eigenvalue weighted by molar-refractivity contribution is -0.0311. The van der Waals surface area contributed by atoms with Gasteiger partial charge in [0.05, 0.1) is 12.2 Å². The van der Waals surface area contributed by atoms with Gasteiger partial charge in [0.25, 0.3) is 0 Å². The molecule has 1 aromatic rings. The molecule has 0 aromatic carbocycles. The molecule has 0 saturated carbocycles. The first-order valence-electron chi connectivity index (χ1n) is 6.11. The van der Waals surface area contributed by atoms with Gasteiger partial charge in [-0.15, -0.1) is 0 Å². The minimum absolute atomic E-state index is 0.000506. The zero-order chi connectivity index (χ0) is 13.3. The Hall–Kier alpha value is -1.40. The van der Waals surface area contributed by atoms with Crippen molar-refractivity contribution >= 4 is 5.82 Å². The number of rotatable bonds is 3. The van der Waals surface area contributed by atoms with Gasteiger partial charge in [-0.3, -0.25) is 4.57 Å². The van der Waals surface area contributed by atoms with E-state index < -0.39 is 5.69 Å². The van der Waals surface area contributed by atoms with Gasteiger partial charge in [0.15, 0.2) is 0 Å². The van der Waals surface area contributed by atoms with Gasteiger partial charge < -0.3 is 15.2 Å². The summed E-state index contributed by atoms with van der Waals surface area (Å²) in [6.07, 6.45) is 2.11. The Kier molecular flexibility index (Phi) is 3.68. The van der Waals surface area contributed by atoms with E-state index >= 15 is 0 Å². The molecule has 1 saturated heterocycles. The number of nitrogen functional groups attached to an aromatic ring is 1. The van der Waals surface area contributed by atoms with Gasteiger partial charge in [-0.05, 0) is 12.5 Å². The van der Waals surface area contributed by atoms with E-state index in [-0.39, 0.29) is 30.2 Å². The monoisotopic (exact) mass is 253 g/mol. The predicted molar refractivity (Wildman–Crippen MR) is 67.1 cm³/mol. The molecular weight excluding hydrogens is 234 g/mol. The van der Waals surface area contributed by atoms with Crippen molar-refractivity contribution in [2.24, 2.45) is 5.92 Å². The number of ether oxygens (including phenoxy) is 2. The lowest BCUT2D eigenvalue weighted by atomic mass is 10.0. The normalized spacial score (nSPS) is 31.7. The molecule has 18 heavy (non-hydrogen) atoms. The van der Waals surface area contributed by atoms with Crippen LogP contribution in [-0.4, -0.2) is 28.9 Å². The fraction of sp³-hybridized carbons (Fsp3) is 0.667. The van der Waals surface area contributed by atoms with E-state index in [1.54, 1.807) is 19.4 Å². The summed E-state index contributed by atoms with van der Waals surface area (Å²) >= 11 is 0. The first-order chi connectivity index (χ1) is 8.58. The molecule has 100 valence electrons. The molecule has 6 nitrogen and oxygen atoms in total. The van der Waals surface area contributed by atoms with Crippen molar-refractivity contribution in [3.8, 4) is 0 Å². The third kappa shape index (κ3) is 2.13. The van der Waals surface area contributed by atoms with E-state index in [1.165, 1.54) is 4.57 Å². The minimum atomic E-state index is -0.390. The van der Waals surface area contributed by atoms with E-state index in [1.807, 2.05) is 13.8 Å². The van der Waals surface area contributed by atoms with E-state index in [2.05, 4.69) is 4.98 Å². The van der Waals surface area contributed by atoms with E-state index in [0.717, 1.165) is 6.42 Å². The zero-order valence-electron chi connectivity index (χ0n) is 10.9. The van der Waals surface area contributed by atoms with E-state index in [4.69, 9.17) is 15.2 Å². The van der Waals surface area contributed by atoms with Crippen LogP contribution in [0.4, 0.5) is 5.82 Å². The van der Waals surface area contributed by atoms with Crippen molar-refractivity contribution in [3.63, 3.8) is 0 Å². The molecule has 2 N–H and O–H groups in total. The minimum Gasteiger partial charge on any atom is -0.383 e. The van der Waals surface area contributed by atoms with E-state index in [0.29, 0.717) is 0 Å². The molecule has 0 amide bonds. The van der Waals surface area contributed by atoms with Crippen molar-refractivity contribution in [2.75, 3.05) is 12.8 Å². The first kappa shape index (κ1) is 13.0. The highest BCUT2D eigenvalue weighted by Crippen LogP contribution is 2.36. The highest BCUT2D eigenvalue weighted by atomic mass is 16.6. The van der Waals surface area contributed by atoms with Gasteiger partial charge in [0.1, 0.15) is 12.0 Å². The van der Waals surface area contributed by atoms with Gasteiger partial charge in [-0.1, -0.05) is 13.8 Å². The summed E-state index contributed by atoms with van der Waals surface area (Å²) in [7, 11) is 1.67. The standard InChI is InChI=1S/C12H19N3O3/c1-4-8-10(17-3)7(2)11(18-8)15-6-5-9(13)14-12(15)16/h5-8,10-11H,4H2,1-3H3,(H2,13,14,16). The lowest BCUT2D eigenvalue weighted by Crippen LogP contribution is -2.31. The second-order valence-corrected chi connectivity index (χ2v) is 4.58. The van der Waals surface area contributed by atoms with Crippen LogP contribution in [0.2, 0.25) is 0 Å². The molecule has 1 aliphatic rings. The topological polar surface area (TPSA) is 79.4 Å². The smallest absolute Gasteiger partial charge is 0.351 e. The molecule has 0 bridgehead atoms. The van der Waals surface area contributed by atoms with Crippen LogP contribution < -0.4 is 11.4 Å². The summed E-state index contributed by atoms with van der Waals surface area (Å²) in [6, 6.07) is 1.60. The van der Waals surface area contributed by atoms with Crippen LogP contribution in [0.25, 0.3) is 0 Å². The largest absolute Gasteiger partial charge is 0.383 e. The molecule has 0 aliphatic carbocycles. The van der Waals surface area contributed by atoms with Crippen LogP contribution in [0, 0.1) is 5.92 Å². The summed E-state index contributed by atoms with van der Waals surface area (Å²) in [4.78, 5) is 15.5. The molecule has 4 atom stereocenters. The predicted octanol–water partition coefficient (Wildman–Crippen LogP) is 0.784. The Bertz CT molecular complexity index is 474. The molecule has 1 aromatic heterocycles. The van der Waals surface area contributed by atoms with Crippen molar-refractivity contribution in [2.45, 2.75) is 38.7 Å². The number of nitrogens with zero attached hydrogens (tertiary/aromatic N) is 2. The van der Waals surface area contributed by atoms with Crippen LogP contribution in [0.15, 0.2) is 17.1 Å². The van der Waals surface area contributed by atoms with Gasteiger partial charge in [0.2, 0.25) is 0 Å². The third-order valence-electron chi connectivity index (χ3n) is 3.45. The van der Waals surface area contributed by atoms with Gasteiger partial charge in [0, 0.05) is 19.2 Å². The fourth-order valence-electron chi connectivity index (χ4n) is 2.51. The highest BCUT2D eigenvalue weighted by molar-refractivity contribution is 5.23. The van der Waals surface area contributed by atoms with Crippen LogP contribution in [0.3, 0.4) is 0 Å². The molecule has 0 radical (unpaired) electrons. The van der Waals surface area contributed by atoms with Crippen LogP contribution in [0.5, 0.6) is 0 Å². The van der Waals surface area contributed by atoms with Crippen LogP contribution in [-0.2, 0) is 9.47 Å². The molecule has 2 heterocycles. The van der Waals surface area contributed by atoms with Crippen LogP contribution >= 0.6 is 0 Å². The SMILES string of the molecule is CCC1OC(n2ccc(N)nc2=O)C(C)C1OC. The third-order valence-corrected chi connectivity index (χ3v) is 3.45. The summed E-state index contributed by atoms with van der Waals surface area (Å²) in [5.41, 5.74) is 5.09. The van der Waals surface area contributed by atoms with Crippen LogP contribution in [0.1, 0.15) is 26.5 Å². The van der Waals surface area contributed by atoms with Crippen molar-refractivity contribution in [3.05, 3.63) is 22.7 Å². The Morgan fingerprint density at radius 2 is 2.33 bits per heavy atom. The molecular formula is C12H19N3O3. The molecule has 1 aliphatic heterocycles. The molecule has 2 rings (SSSR count). The van der Waals surface area contributed by atoms with E-state index in [9.17, 15) is 4.79 Å². The quantitative estimate of drug-likeness (QED) is 0.861. The average molecular weight is 253 g/mol. The average Bonchev–Trinajstić information content (AvgIpc) is 2.66. The number of hydrogen-bond donors (Lipinski definition) is 1. The van der Waals surface area contributed by atoms with Gasteiger partial charge in [-0.2, -0.15) is 4.98 Å². The molecule has 0 spiro atoms. The Morgan fingerprint density at radius 3 is 2.83 bits per heavy atom. The molecule has 4 unspecified atom stereocenters. The van der Waals surface area contributed by atoms with Crippen molar-refractivity contribution < 1.29 is 9.47 Å². The maximum atomic E-state index is 11.8. The Morgan fingerprint density at radius 1 is 1.61 bits per heavy atom. The first-order valence-corrected chi connectivity index (χ1v) is 6.11. The number of methoxy groups -OCH3 is 1. The Labute approximate surface area is 106 Å². The molecule has 6 heteroatoms. The summed E-state index contributed by atoms with van der Waals surface area (Å²) in [5, 5.41) is 0. The lowest BCUT2D eigenvalue weighted by Gasteiger charge is -2.19. The van der Waals surface area contributed by atoms with Gasteiger partial charge >= 0.3 is 5.69 Å². The zero-order valence-corrected chi connectivity index (χ0v) is 10.9. The number of anilines is 1. The van der Waals surface area contributed by atoms with Crippen molar-refractivity contribution in [1.29, 1.82) is 0 Å².